The van der Waals surface area contributed by atoms with Gasteiger partial charge in [-0.1, -0.05) is 42.5 Å². The molecule has 0 atom stereocenters. The zero-order chi connectivity index (χ0) is 9.68. The van der Waals surface area contributed by atoms with Crippen LogP contribution in [0.1, 0.15) is 12.5 Å². The van der Waals surface area contributed by atoms with Gasteiger partial charge in [0.15, 0.2) is 0 Å². The summed E-state index contributed by atoms with van der Waals surface area (Å²) in [6, 6.07) is 7.36. The van der Waals surface area contributed by atoms with E-state index in [0.29, 0.717) is 5.75 Å². The lowest BCUT2D eigenvalue weighted by atomic mass is 10.1. The number of phenolic OH excluding ortho intramolecular Hbond substituents is 1. The normalized spacial score (nSPS) is 11.3. The van der Waals surface area contributed by atoms with Gasteiger partial charge in [0, 0.05) is 0 Å². The fourth-order valence-electron chi connectivity index (χ4n) is 1.04. The summed E-state index contributed by atoms with van der Waals surface area (Å²) < 4.78 is 0. The SMILES string of the molecule is C=C/C(C)=C\Cc1ccccc1O. The molecule has 13 heavy (non-hydrogen) atoms. The lowest BCUT2D eigenvalue weighted by molar-refractivity contribution is 0.469. The van der Waals surface area contributed by atoms with Crippen LogP contribution < -0.4 is 0 Å². The van der Waals surface area contributed by atoms with Crippen molar-refractivity contribution in [2.24, 2.45) is 0 Å². The molecule has 1 heteroatoms. The second-order valence-corrected chi connectivity index (χ2v) is 2.99. The van der Waals surface area contributed by atoms with Gasteiger partial charge in [-0.25, -0.2) is 0 Å². The topological polar surface area (TPSA) is 20.2 Å². The standard InChI is InChI=1S/C12H14O/c1-3-10(2)8-9-11-6-4-5-7-12(11)13/h3-8,13H,1,9H2,2H3/b10-8-. The van der Waals surface area contributed by atoms with Crippen molar-refractivity contribution in [3.05, 3.63) is 54.1 Å². The number of para-hydroxylation sites is 1. The van der Waals surface area contributed by atoms with Crippen LogP contribution in [0.2, 0.25) is 0 Å². The van der Waals surface area contributed by atoms with Crippen LogP contribution >= 0.6 is 0 Å². The maximum atomic E-state index is 9.44. The highest BCUT2D eigenvalue weighted by Gasteiger charge is 1.95. The molecular formula is C12H14O. The van der Waals surface area contributed by atoms with Gasteiger partial charge in [-0.05, 0) is 25.0 Å². The zero-order valence-corrected chi connectivity index (χ0v) is 7.83. The van der Waals surface area contributed by atoms with Gasteiger partial charge in [-0.15, -0.1) is 0 Å². The minimum Gasteiger partial charge on any atom is -0.508 e. The first-order valence-corrected chi connectivity index (χ1v) is 4.30. The molecule has 68 valence electrons. The summed E-state index contributed by atoms with van der Waals surface area (Å²) in [4.78, 5) is 0. The molecule has 1 aromatic rings. The average Bonchev–Trinajstić information content (AvgIpc) is 2.16. The van der Waals surface area contributed by atoms with Gasteiger partial charge in [0.2, 0.25) is 0 Å². The number of aromatic hydroxyl groups is 1. The van der Waals surface area contributed by atoms with E-state index in [1.165, 1.54) is 0 Å². The van der Waals surface area contributed by atoms with E-state index in [4.69, 9.17) is 0 Å². The van der Waals surface area contributed by atoms with Crippen LogP contribution in [0.5, 0.6) is 5.75 Å². The molecule has 0 aliphatic carbocycles. The van der Waals surface area contributed by atoms with Crippen LogP contribution in [0, 0.1) is 0 Å². The molecule has 0 heterocycles. The monoisotopic (exact) mass is 174 g/mol. The zero-order valence-electron chi connectivity index (χ0n) is 7.83. The molecule has 0 fully saturated rings. The Morgan fingerprint density at radius 2 is 2.15 bits per heavy atom. The summed E-state index contributed by atoms with van der Waals surface area (Å²) in [5, 5.41) is 9.44. The van der Waals surface area contributed by atoms with Gasteiger partial charge in [0.1, 0.15) is 5.75 Å². The Labute approximate surface area is 79.0 Å². The molecule has 0 aromatic heterocycles. The number of benzene rings is 1. The van der Waals surface area contributed by atoms with Crippen LogP contribution in [0.25, 0.3) is 0 Å². The predicted octanol–water partition coefficient (Wildman–Crippen LogP) is 3.07. The number of rotatable bonds is 3. The molecule has 0 spiro atoms. The van der Waals surface area contributed by atoms with E-state index in [1.54, 1.807) is 12.1 Å². The first kappa shape index (κ1) is 9.59. The van der Waals surface area contributed by atoms with E-state index in [0.717, 1.165) is 17.6 Å². The summed E-state index contributed by atoms with van der Waals surface area (Å²) in [5.41, 5.74) is 2.08. The average molecular weight is 174 g/mol. The molecule has 0 radical (unpaired) electrons. The Bertz CT molecular complexity index is 324. The van der Waals surface area contributed by atoms with Crippen molar-refractivity contribution in [2.75, 3.05) is 0 Å². The molecule has 0 saturated heterocycles. The minimum atomic E-state index is 0.357. The molecule has 0 aliphatic heterocycles. The van der Waals surface area contributed by atoms with Gasteiger partial charge in [0.05, 0.1) is 0 Å². The number of hydrogen-bond donors (Lipinski definition) is 1. The maximum absolute atomic E-state index is 9.44. The van der Waals surface area contributed by atoms with Crippen molar-refractivity contribution in [3.63, 3.8) is 0 Å². The third-order valence-corrected chi connectivity index (χ3v) is 1.96. The lowest BCUT2D eigenvalue weighted by Gasteiger charge is -2.00. The predicted molar refractivity (Wildman–Crippen MR) is 55.8 cm³/mol. The largest absolute Gasteiger partial charge is 0.508 e. The van der Waals surface area contributed by atoms with Gasteiger partial charge in [-0.3, -0.25) is 0 Å². The smallest absolute Gasteiger partial charge is 0.119 e. The summed E-state index contributed by atoms with van der Waals surface area (Å²) in [6.07, 6.45) is 4.60. The minimum absolute atomic E-state index is 0.357. The van der Waals surface area contributed by atoms with Gasteiger partial charge < -0.3 is 5.11 Å². The second-order valence-electron chi connectivity index (χ2n) is 2.99. The van der Waals surface area contributed by atoms with Crippen molar-refractivity contribution < 1.29 is 5.11 Å². The molecule has 0 bridgehead atoms. The Morgan fingerprint density at radius 3 is 2.77 bits per heavy atom. The Morgan fingerprint density at radius 1 is 1.46 bits per heavy atom. The molecule has 0 unspecified atom stereocenters. The Hall–Kier alpha value is -1.50. The van der Waals surface area contributed by atoms with Crippen LogP contribution in [0.15, 0.2) is 48.6 Å². The van der Waals surface area contributed by atoms with Crippen LogP contribution in [0.3, 0.4) is 0 Å². The van der Waals surface area contributed by atoms with E-state index < -0.39 is 0 Å². The molecule has 1 N–H and O–H groups in total. The summed E-state index contributed by atoms with van der Waals surface area (Å²) in [5.74, 6) is 0.357. The highest BCUT2D eigenvalue weighted by atomic mass is 16.3. The van der Waals surface area contributed by atoms with Crippen molar-refractivity contribution in [1.82, 2.24) is 0 Å². The number of phenols is 1. The molecule has 1 rings (SSSR count). The van der Waals surface area contributed by atoms with Crippen LogP contribution in [0.4, 0.5) is 0 Å². The number of hydrogen-bond acceptors (Lipinski definition) is 1. The lowest BCUT2D eigenvalue weighted by Crippen LogP contribution is -1.82. The fourth-order valence-corrected chi connectivity index (χ4v) is 1.04. The highest BCUT2D eigenvalue weighted by Crippen LogP contribution is 2.16. The van der Waals surface area contributed by atoms with Crippen molar-refractivity contribution in [2.45, 2.75) is 13.3 Å². The quantitative estimate of drug-likeness (QED) is 0.698. The first-order valence-electron chi connectivity index (χ1n) is 4.30. The molecule has 1 aromatic carbocycles. The fraction of sp³-hybridized carbons (Fsp3) is 0.167. The van der Waals surface area contributed by atoms with Crippen LogP contribution in [-0.2, 0) is 6.42 Å². The highest BCUT2D eigenvalue weighted by molar-refractivity contribution is 5.34. The summed E-state index contributed by atoms with van der Waals surface area (Å²) in [6.45, 7) is 5.66. The van der Waals surface area contributed by atoms with E-state index in [1.807, 2.05) is 31.2 Å². The Kier molecular flexibility index (Phi) is 3.32. The molecule has 0 aliphatic rings. The summed E-state index contributed by atoms with van der Waals surface area (Å²) in [7, 11) is 0. The molecule has 0 saturated carbocycles. The van der Waals surface area contributed by atoms with Crippen LogP contribution in [-0.4, -0.2) is 5.11 Å². The molecular weight excluding hydrogens is 160 g/mol. The van der Waals surface area contributed by atoms with Crippen molar-refractivity contribution in [3.8, 4) is 5.75 Å². The van der Waals surface area contributed by atoms with E-state index in [-0.39, 0.29) is 0 Å². The van der Waals surface area contributed by atoms with E-state index in [9.17, 15) is 5.11 Å². The molecule has 1 nitrogen and oxygen atoms in total. The second kappa shape index (κ2) is 4.51. The third-order valence-electron chi connectivity index (χ3n) is 1.96. The molecule has 0 amide bonds. The third kappa shape index (κ3) is 2.79. The summed E-state index contributed by atoms with van der Waals surface area (Å²) >= 11 is 0. The maximum Gasteiger partial charge on any atom is 0.119 e. The van der Waals surface area contributed by atoms with Crippen molar-refractivity contribution in [1.29, 1.82) is 0 Å². The Balaban J connectivity index is 2.75. The van der Waals surface area contributed by atoms with Crippen molar-refractivity contribution >= 4 is 0 Å². The van der Waals surface area contributed by atoms with Gasteiger partial charge in [-0.2, -0.15) is 0 Å². The van der Waals surface area contributed by atoms with E-state index in [2.05, 4.69) is 6.58 Å². The van der Waals surface area contributed by atoms with Gasteiger partial charge >= 0.3 is 0 Å². The van der Waals surface area contributed by atoms with Gasteiger partial charge in [0.25, 0.3) is 0 Å². The number of allylic oxidation sites excluding steroid dienone is 3. The first-order chi connectivity index (χ1) is 6.24. The van der Waals surface area contributed by atoms with E-state index >= 15 is 0 Å².